The maximum absolute atomic E-state index is 13.4. The zero-order chi connectivity index (χ0) is 37.7. The topological polar surface area (TPSA) is 201 Å². The molecule has 0 saturated carbocycles. The smallest absolute Gasteiger partial charge is 0.439 e. The number of oxime groups is 1. The summed E-state index contributed by atoms with van der Waals surface area (Å²) >= 11 is 0. The number of benzene rings is 4. The van der Waals surface area contributed by atoms with Crippen molar-refractivity contribution in [3.63, 3.8) is 0 Å². The zero-order valence-corrected chi connectivity index (χ0v) is 29.6. The van der Waals surface area contributed by atoms with Crippen molar-refractivity contribution in [3.8, 4) is 28.5 Å². The van der Waals surface area contributed by atoms with Crippen LogP contribution in [-0.2, 0) is 30.8 Å². The van der Waals surface area contributed by atoms with Gasteiger partial charge >= 0.3 is 11.7 Å². The normalized spacial score (nSPS) is 14.5. The molecule has 0 aliphatic carbocycles. The van der Waals surface area contributed by atoms with Gasteiger partial charge in [0.2, 0.25) is 9.84 Å². The molecule has 6 aromatic rings. The van der Waals surface area contributed by atoms with E-state index in [2.05, 4.69) is 25.2 Å². The third-order valence-electron chi connectivity index (χ3n) is 8.47. The fourth-order valence-corrected chi connectivity index (χ4v) is 7.40. The van der Waals surface area contributed by atoms with Crippen molar-refractivity contribution < 1.29 is 42.1 Å². The van der Waals surface area contributed by atoms with Crippen molar-refractivity contribution in [2.24, 2.45) is 5.16 Å². The molecular formula is C37H34N6O10S. The molecule has 2 aromatic heterocycles. The summed E-state index contributed by atoms with van der Waals surface area (Å²) in [7, 11) is -4.10. The highest BCUT2D eigenvalue weighted by Gasteiger charge is 2.45. The van der Waals surface area contributed by atoms with Gasteiger partial charge < -0.3 is 14.2 Å². The molecule has 7 rings (SSSR count). The van der Waals surface area contributed by atoms with Crippen molar-refractivity contribution in [3.05, 3.63) is 119 Å². The van der Waals surface area contributed by atoms with E-state index in [1.54, 1.807) is 36.4 Å². The van der Waals surface area contributed by atoms with Gasteiger partial charge in [-0.1, -0.05) is 78.0 Å². The average Bonchev–Trinajstić information content (AvgIpc) is 3.90. The van der Waals surface area contributed by atoms with E-state index < -0.39 is 26.9 Å². The highest BCUT2D eigenvalue weighted by molar-refractivity contribution is 7.92. The molecule has 2 N–H and O–H groups in total. The van der Waals surface area contributed by atoms with Gasteiger partial charge in [-0.25, -0.2) is 18.0 Å². The lowest BCUT2D eigenvalue weighted by Crippen LogP contribution is -2.40. The highest BCUT2D eigenvalue weighted by Crippen LogP contribution is 2.31. The largest absolute Gasteiger partial charge is 0.477 e. The monoisotopic (exact) mass is 754 g/mol. The maximum Gasteiger partial charge on any atom is 0.439 e. The molecule has 17 heteroatoms. The van der Waals surface area contributed by atoms with E-state index in [1.165, 1.54) is 12.1 Å². The number of carbonyl (C=O) groups excluding carboxylic acids is 1. The molecule has 16 nitrogen and oxygen atoms in total. The molecule has 1 unspecified atom stereocenters. The van der Waals surface area contributed by atoms with Crippen LogP contribution in [0.3, 0.4) is 0 Å². The number of hydrogen-bond donors (Lipinski definition) is 2. The Labute approximate surface area is 308 Å². The number of nitrogens with zero attached hydrogens (tertiary/aromatic N) is 5. The number of aromatic amines is 1. The van der Waals surface area contributed by atoms with Crippen LogP contribution in [0.4, 0.5) is 0 Å². The summed E-state index contributed by atoms with van der Waals surface area (Å²) in [6.07, 6.45) is 0.768. The van der Waals surface area contributed by atoms with Crippen molar-refractivity contribution in [1.29, 1.82) is 0 Å². The number of unbranched alkanes of at least 4 members (excludes halogenated alkanes) is 1. The number of carbonyl (C=O) groups is 1. The van der Waals surface area contributed by atoms with E-state index in [4.69, 9.17) is 18.7 Å². The Morgan fingerprint density at radius 2 is 1.65 bits per heavy atom. The molecule has 0 saturated heterocycles. The number of imidazole rings is 1. The summed E-state index contributed by atoms with van der Waals surface area (Å²) in [6, 6.07) is 28.5. The summed E-state index contributed by atoms with van der Waals surface area (Å²) in [5.41, 5.74) is 4.79. The lowest BCUT2D eigenvalue weighted by molar-refractivity contribution is -0.327. The summed E-state index contributed by atoms with van der Waals surface area (Å²) < 4.78 is 49.7. The lowest BCUT2D eigenvalue weighted by Gasteiger charge is -2.16. The van der Waals surface area contributed by atoms with Crippen molar-refractivity contribution >= 4 is 32.7 Å². The van der Waals surface area contributed by atoms with Crippen LogP contribution in [0.1, 0.15) is 35.7 Å². The van der Waals surface area contributed by atoms with Crippen LogP contribution >= 0.6 is 0 Å². The van der Waals surface area contributed by atoms with Crippen molar-refractivity contribution in [1.82, 2.24) is 24.9 Å². The molecule has 4 aromatic carbocycles. The third-order valence-corrected chi connectivity index (χ3v) is 10.4. The lowest BCUT2D eigenvalue weighted by atomic mass is 9.98. The first-order valence-corrected chi connectivity index (χ1v) is 18.5. The number of fused-ring (bicyclic) bond motifs is 1. The first kappa shape index (κ1) is 36.1. The molecule has 1 atom stereocenters. The highest BCUT2D eigenvalue weighted by atomic mass is 32.2. The van der Waals surface area contributed by atoms with Crippen LogP contribution in [0.5, 0.6) is 6.01 Å². The van der Waals surface area contributed by atoms with Gasteiger partial charge in [-0.05, 0) is 65.9 Å². The van der Waals surface area contributed by atoms with E-state index in [0.717, 1.165) is 16.7 Å². The number of nitrogens with one attached hydrogen (secondary N) is 1. The molecule has 3 heterocycles. The summed E-state index contributed by atoms with van der Waals surface area (Å²) in [6.45, 7) is 2.63. The quantitative estimate of drug-likeness (QED) is 0.109. The zero-order valence-electron chi connectivity index (χ0n) is 28.8. The number of sulfone groups is 1. The van der Waals surface area contributed by atoms with Gasteiger partial charge in [0, 0.05) is 10.8 Å². The van der Waals surface area contributed by atoms with E-state index >= 15 is 0 Å². The van der Waals surface area contributed by atoms with Gasteiger partial charge in [-0.3, -0.25) is 24.2 Å². The van der Waals surface area contributed by atoms with Crippen LogP contribution in [0.2, 0.25) is 0 Å². The molecule has 1 aliphatic heterocycles. The fourth-order valence-electron chi connectivity index (χ4n) is 5.95. The van der Waals surface area contributed by atoms with E-state index in [9.17, 15) is 23.2 Å². The molecule has 54 heavy (non-hydrogen) atoms. The predicted molar refractivity (Wildman–Crippen MR) is 193 cm³/mol. The SMILES string of the molecule is CCOc1nc2cccc(C(=O)OCCCCOC3=NON(O)C3S(=O)(=O)c3ccccc3)c2n1Cc1ccc(-c2ccccc2-c2noc(=O)[nH]2)cc1. The second-order valence-corrected chi connectivity index (χ2v) is 14.0. The van der Waals surface area contributed by atoms with Crippen LogP contribution in [0.15, 0.2) is 116 Å². The Kier molecular flexibility index (Phi) is 10.5. The summed E-state index contributed by atoms with van der Waals surface area (Å²) in [5.74, 6) is -1.17. The minimum atomic E-state index is -4.10. The number of aromatic nitrogens is 4. The summed E-state index contributed by atoms with van der Waals surface area (Å²) in [4.78, 5) is 36.9. The van der Waals surface area contributed by atoms with Gasteiger partial charge in [0.25, 0.3) is 17.3 Å². The number of para-hydroxylation sites is 1. The molecule has 0 bridgehead atoms. The Balaban J connectivity index is 1.01. The van der Waals surface area contributed by atoms with Gasteiger partial charge in [0.05, 0.1) is 47.9 Å². The fraction of sp³-hybridized carbons (Fsp3) is 0.216. The average molecular weight is 755 g/mol. The van der Waals surface area contributed by atoms with Gasteiger partial charge in [-0.2, -0.15) is 4.98 Å². The van der Waals surface area contributed by atoms with Crippen LogP contribution in [0.25, 0.3) is 33.5 Å². The molecular weight excluding hydrogens is 721 g/mol. The van der Waals surface area contributed by atoms with Crippen LogP contribution in [0, 0.1) is 0 Å². The van der Waals surface area contributed by atoms with E-state index in [1.807, 2.05) is 60.0 Å². The molecule has 0 radical (unpaired) electrons. The second-order valence-electron chi connectivity index (χ2n) is 12.0. The standard InChI is InChI=1S/C37H34N6O10S/c1-2-49-36-38-30-16-10-15-29(35(44)51-22-9-8-21-50-33-34(43(46)53-41-33)54(47,48)26-11-4-3-5-12-26)31(30)42(36)23-24-17-19-25(20-18-24)27-13-6-7-14-28(27)32-39-37(45)52-40-32/h3-7,10-20,34,46H,2,8-9,21-23H2,1H3,(H,39,40,45). The van der Waals surface area contributed by atoms with Gasteiger partial charge in [0.15, 0.2) is 5.82 Å². The minimum Gasteiger partial charge on any atom is -0.477 e. The number of hydroxylamine groups is 2. The van der Waals surface area contributed by atoms with E-state index in [0.29, 0.717) is 60.0 Å². The molecule has 0 spiro atoms. The Hall–Kier alpha value is -6.30. The molecule has 0 amide bonds. The number of H-pyrrole nitrogens is 1. The van der Waals surface area contributed by atoms with Gasteiger partial charge in [-0.15, -0.1) is 0 Å². The number of hydrogen-bond acceptors (Lipinski definition) is 14. The minimum absolute atomic E-state index is 0.0264. The third kappa shape index (κ3) is 7.45. The maximum atomic E-state index is 13.4. The number of rotatable bonds is 14. The van der Waals surface area contributed by atoms with Gasteiger partial charge in [0.1, 0.15) is 0 Å². The first-order valence-electron chi connectivity index (χ1n) is 16.9. The predicted octanol–water partition coefficient (Wildman–Crippen LogP) is 5.20. The van der Waals surface area contributed by atoms with Crippen molar-refractivity contribution in [2.75, 3.05) is 19.8 Å². The molecule has 278 valence electrons. The van der Waals surface area contributed by atoms with Crippen LogP contribution in [-0.4, -0.2) is 75.6 Å². The summed E-state index contributed by atoms with van der Waals surface area (Å²) in [5, 5.41) is 15.9. The number of esters is 1. The van der Waals surface area contributed by atoms with E-state index in [-0.39, 0.29) is 29.2 Å². The Morgan fingerprint density at radius 1 is 0.907 bits per heavy atom. The molecule has 0 fully saturated rings. The van der Waals surface area contributed by atoms with Crippen LogP contribution < -0.4 is 10.5 Å². The number of ether oxygens (including phenoxy) is 3. The first-order chi connectivity index (χ1) is 26.2. The second kappa shape index (κ2) is 15.7. The Morgan fingerprint density at radius 3 is 2.39 bits per heavy atom. The van der Waals surface area contributed by atoms with Crippen molar-refractivity contribution in [2.45, 2.75) is 36.6 Å². The Bertz CT molecular complexity index is 2460. The molecule has 1 aliphatic rings.